The molecule has 0 radical (unpaired) electrons. The molecule has 0 fully saturated rings. The number of hydrogen-bond donors (Lipinski definition) is 1. The maximum atomic E-state index is 12.2. The normalized spacial score (nSPS) is 11.3. The van der Waals surface area contributed by atoms with Crippen molar-refractivity contribution >= 4 is 23.4 Å². The molecule has 2 aromatic rings. The standard InChI is InChI=1S/C17H16N2O2S/c1-12(22-16-8-6-15(21-2)7-9-16)17(20)19-14-5-3-4-13(10-14)11-18/h3-10,12H,1-2H3,(H,19,20). The molecule has 2 aromatic carbocycles. The van der Waals surface area contributed by atoms with Gasteiger partial charge in [0.1, 0.15) is 5.75 Å². The summed E-state index contributed by atoms with van der Waals surface area (Å²) in [5.74, 6) is 0.686. The van der Waals surface area contributed by atoms with Crippen LogP contribution in [0.1, 0.15) is 12.5 Å². The Labute approximate surface area is 134 Å². The summed E-state index contributed by atoms with van der Waals surface area (Å²) in [5, 5.41) is 11.4. The number of thioether (sulfide) groups is 1. The predicted molar refractivity (Wildman–Crippen MR) is 88.1 cm³/mol. The van der Waals surface area contributed by atoms with Crippen molar-refractivity contribution in [2.75, 3.05) is 12.4 Å². The van der Waals surface area contributed by atoms with E-state index in [9.17, 15) is 4.79 Å². The lowest BCUT2D eigenvalue weighted by molar-refractivity contribution is -0.115. The molecular weight excluding hydrogens is 296 g/mol. The molecule has 0 bridgehead atoms. The Kier molecular flexibility index (Phi) is 5.45. The summed E-state index contributed by atoms with van der Waals surface area (Å²) in [7, 11) is 1.62. The van der Waals surface area contributed by atoms with Gasteiger partial charge in [-0.3, -0.25) is 4.79 Å². The fraction of sp³-hybridized carbons (Fsp3) is 0.176. The first kappa shape index (κ1) is 15.9. The van der Waals surface area contributed by atoms with Gasteiger partial charge in [0.15, 0.2) is 0 Å². The first-order valence-electron chi connectivity index (χ1n) is 6.74. The van der Waals surface area contributed by atoms with Gasteiger partial charge in [0, 0.05) is 10.6 Å². The number of methoxy groups -OCH3 is 1. The molecule has 0 heterocycles. The second-order valence-corrected chi connectivity index (χ2v) is 6.03. The molecular formula is C17H16N2O2S. The fourth-order valence-corrected chi connectivity index (χ4v) is 2.69. The third-order valence-electron chi connectivity index (χ3n) is 3.00. The van der Waals surface area contributed by atoms with Crippen molar-refractivity contribution in [1.82, 2.24) is 0 Å². The van der Waals surface area contributed by atoms with E-state index in [4.69, 9.17) is 10.00 Å². The van der Waals surface area contributed by atoms with Gasteiger partial charge in [-0.15, -0.1) is 11.8 Å². The Bertz CT molecular complexity index is 693. The number of amides is 1. The third kappa shape index (κ3) is 4.27. The number of anilines is 1. The van der Waals surface area contributed by atoms with Crippen LogP contribution in [0.15, 0.2) is 53.4 Å². The summed E-state index contributed by atoms with van der Waals surface area (Å²) in [4.78, 5) is 13.2. The summed E-state index contributed by atoms with van der Waals surface area (Å²) in [6.07, 6.45) is 0. The van der Waals surface area contributed by atoms with Gasteiger partial charge in [-0.1, -0.05) is 6.07 Å². The second kappa shape index (κ2) is 7.53. The van der Waals surface area contributed by atoms with Crippen molar-refractivity contribution in [2.24, 2.45) is 0 Å². The maximum absolute atomic E-state index is 12.2. The van der Waals surface area contributed by atoms with Gasteiger partial charge in [0.25, 0.3) is 0 Å². The molecule has 0 spiro atoms. The highest BCUT2D eigenvalue weighted by Crippen LogP contribution is 2.26. The Balaban J connectivity index is 1.97. The molecule has 0 aliphatic rings. The average molecular weight is 312 g/mol. The molecule has 1 atom stereocenters. The average Bonchev–Trinajstić information content (AvgIpc) is 2.55. The van der Waals surface area contributed by atoms with Gasteiger partial charge < -0.3 is 10.1 Å². The van der Waals surface area contributed by atoms with Crippen LogP contribution in [0.4, 0.5) is 5.69 Å². The van der Waals surface area contributed by atoms with E-state index >= 15 is 0 Å². The molecule has 1 N–H and O–H groups in total. The lowest BCUT2D eigenvalue weighted by Gasteiger charge is -2.12. The van der Waals surface area contributed by atoms with Crippen molar-refractivity contribution in [1.29, 1.82) is 5.26 Å². The van der Waals surface area contributed by atoms with Gasteiger partial charge in [-0.2, -0.15) is 5.26 Å². The van der Waals surface area contributed by atoms with Crippen LogP contribution in [-0.2, 0) is 4.79 Å². The highest BCUT2D eigenvalue weighted by atomic mass is 32.2. The van der Waals surface area contributed by atoms with Gasteiger partial charge in [-0.25, -0.2) is 0 Å². The van der Waals surface area contributed by atoms with Gasteiger partial charge in [0.05, 0.1) is 24.0 Å². The number of carbonyl (C=O) groups is 1. The van der Waals surface area contributed by atoms with Gasteiger partial charge in [-0.05, 0) is 49.4 Å². The van der Waals surface area contributed by atoms with Gasteiger partial charge in [0.2, 0.25) is 5.91 Å². The van der Waals surface area contributed by atoms with Crippen LogP contribution in [0.3, 0.4) is 0 Å². The van der Waals surface area contributed by atoms with Crippen molar-refractivity contribution in [3.8, 4) is 11.8 Å². The number of benzene rings is 2. The molecule has 0 aromatic heterocycles. The van der Waals surface area contributed by atoms with Crippen LogP contribution < -0.4 is 10.1 Å². The zero-order chi connectivity index (χ0) is 15.9. The SMILES string of the molecule is COc1ccc(SC(C)C(=O)Nc2cccc(C#N)c2)cc1. The zero-order valence-corrected chi connectivity index (χ0v) is 13.2. The van der Waals surface area contributed by atoms with E-state index in [1.165, 1.54) is 11.8 Å². The van der Waals surface area contributed by atoms with E-state index < -0.39 is 0 Å². The minimum absolute atomic E-state index is 0.101. The highest BCUT2D eigenvalue weighted by molar-refractivity contribution is 8.00. The van der Waals surface area contributed by atoms with Crippen molar-refractivity contribution in [3.63, 3.8) is 0 Å². The largest absolute Gasteiger partial charge is 0.497 e. The van der Waals surface area contributed by atoms with E-state index in [-0.39, 0.29) is 11.2 Å². The number of nitrogens with one attached hydrogen (secondary N) is 1. The van der Waals surface area contributed by atoms with E-state index in [0.29, 0.717) is 11.3 Å². The van der Waals surface area contributed by atoms with Crippen molar-refractivity contribution in [2.45, 2.75) is 17.1 Å². The first-order valence-corrected chi connectivity index (χ1v) is 7.62. The van der Waals surface area contributed by atoms with E-state index in [1.807, 2.05) is 31.2 Å². The van der Waals surface area contributed by atoms with Crippen molar-refractivity contribution < 1.29 is 9.53 Å². The number of carbonyl (C=O) groups excluding carboxylic acids is 1. The lowest BCUT2D eigenvalue weighted by atomic mass is 10.2. The maximum Gasteiger partial charge on any atom is 0.237 e. The monoisotopic (exact) mass is 312 g/mol. The van der Waals surface area contributed by atoms with Crippen LogP contribution in [0, 0.1) is 11.3 Å². The van der Waals surface area contributed by atoms with Crippen molar-refractivity contribution in [3.05, 3.63) is 54.1 Å². The second-order valence-electron chi connectivity index (χ2n) is 4.62. The van der Waals surface area contributed by atoms with Crippen LogP contribution >= 0.6 is 11.8 Å². The molecule has 0 aliphatic carbocycles. The minimum atomic E-state index is -0.251. The predicted octanol–water partition coefficient (Wildman–Crippen LogP) is 3.69. The van der Waals surface area contributed by atoms with Crippen LogP contribution in [0.2, 0.25) is 0 Å². The van der Waals surface area contributed by atoms with Crippen LogP contribution in [0.5, 0.6) is 5.75 Å². The molecule has 1 amide bonds. The molecule has 1 unspecified atom stereocenters. The molecule has 0 saturated carbocycles. The lowest BCUT2D eigenvalue weighted by Crippen LogP contribution is -2.22. The fourth-order valence-electron chi connectivity index (χ4n) is 1.82. The first-order chi connectivity index (χ1) is 10.6. The quantitative estimate of drug-likeness (QED) is 0.855. The third-order valence-corrected chi connectivity index (χ3v) is 4.11. The highest BCUT2D eigenvalue weighted by Gasteiger charge is 2.14. The van der Waals surface area contributed by atoms with Gasteiger partial charge >= 0.3 is 0 Å². The number of hydrogen-bond acceptors (Lipinski definition) is 4. The van der Waals surface area contributed by atoms with Crippen LogP contribution in [0.25, 0.3) is 0 Å². The molecule has 0 aliphatic heterocycles. The summed E-state index contributed by atoms with van der Waals surface area (Å²) >= 11 is 1.47. The zero-order valence-electron chi connectivity index (χ0n) is 12.4. The molecule has 4 nitrogen and oxygen atoms in total. The number of ether oxygens (including phenoxy) is 1. The van der Waals surface area contributed by atoms with E-state index in [1.54, 1.807) is 31.4 Å². The number of nitriles is 1. The molecule has 5 heteroatoms. The summed E-state index contributed by atoms with van der Waals surface area (Å²) in [6, 6.07) is 16.5. The summed E-state index contributed by atoms with van der Waals surface area (Å²) in [5.41, 5.74) is 1.15. The van der Waals surface area contributed by atoms with E-state index in [2.05, 4.69) is 11.4 Å². The molecule has 22 heavy (non-hydrogen) atoms. The number of rotatable bonds is 5. The summed E-state index contributed by atoms with van der Waals surface area (Å²) in [6.45, 7) is 1.85. The van der Waals surface area contributed by atoms with E-state index in [0.717, 1.165) is 10.6 Å². The molecule has 0 saturated heterocycles. The molecule has 112 valence electrons. The summed E-state index contributed by atoms with van der Waals surface area (Å²) < 4.78 is 5.11. The molecule has 2 rings (SSSR count). The Morgan fingerprint density at radius 2 is 2.00 bits per heavy atom. The Morgan fingerprint density at radius 1 is 1.27 bits per heavy atom. The Hall–Kier alpha value is -2.45. The minimum Gasteiger partial charge on any atom is -0.497 e. The number of nitrogens with zero attached hydrogens (tertiary/aromatic N) is 1. The Morgan fingerprint density at radius 3 is 2.64 bits per heavy atom. The van der Waals surface area contributed by atoms with Crippen LogP contribution in [-0.4, -0.2) is 18.3 Å². The smallest absolute Gasteiger partial charge is 0.237 e. The topological polar surface area (TPSA) is 62.1 Å².